The Morgan fingerprint density at radius 1 is 0.875 bits per heavy atom. The van der Waals surface area contributed by atoms with Crippen LogP contribution in [-0.4, -0.2) is 19.1 Å². The number of nitrogens with one attached hydrogen (secondary N) is 1. The van der Waals surface area contributed by atoms with Crippen molar-refractivity contribution >= 4 is 22.4 Å². The minimum atomic E-state index is -0.138. The van der Waals surface area contributed by atoms with Gasteiger partial charge in [0.15, 0.2) is 11.5 Å². The third kappa shape index (κ3) is 2.78. The Bertz CT molecular complexity index is 899. The molecule has 0 unspecified atom stereocenters. The van der Waals surface area contributed by atoms with Crippen LogP contribution in [0.15, 0.2) is 60.7 Å². The zero-order chi connectivity index (χ0) is 16.4. The quantitative estimate of drug-likeness (QED) is 0.768. The number of fused-ring (bicyclic) bond motifs is 2. The first kappa shape index (κ1) is 14.6. The number of benzene rings is 3. The summed E-state index contributed by atoms with van der Waals surface area (Å²) in [4.78, 5) is 12.7. The maximum atomic E-state index is 12.7. The molecular formula is C20H17NO3. The Hall–Kier alpha value is -3.01. The maximum absolute atomic E-state index is 12.7. The van der Waals surface area contributed by atoms with Gasteiger partial charge in [0.2, 0.25) is 0 Å². The van der Waals surface area contributed by atoms with Crippen LogP contribution in [0.4, 0.5) is 5.69 Å². The van der Waals surface area contributed by atoms with Crippen molar-refractivity contribution in [2.75, 3.05) is 18.5 Å². The third-order valence-electron chi connectivity index (χ3n) is 4.04. The molecule has 1 amide bonds. The molecular weight excluding hydrogens is 302 g/mol. The van der Waals surface area contributed by atoms with E-state index in [-0.39, 0.29) is 5.91 Å². The number of carbonyl (C=O) groups excluding carboxylic acids is 1. The van der Waals surface area contributed by atoms with E-state index in [9.17, 15) is 4.79 Å². The van der Waals surface area contributed by atoms with Crippen LogP contribution in [0.2, 0.25) is 0 Å². The number of anilines is 1. The van der Waals surface area contributed by atoms with E-state index < -0.39 is 0 Å². The number of carbonyl (C=O) groups is 1. The lowest BCUT2D eigenvalue weighted by Gasteiger charge is -2.11. The van der Waals surface area contributed by atoms with Gasteiger partial charge in [0.25, 0.3) is 5.91 Å². The first-order chi connectivity index (χ1) is 11.8. The van der Waals surface area contributed by atoms with Gasteiger partial charge in [-0.05, 0) is 29.0 Å². The highest BCUT2D eigenvalue weighted by Crippen LogP contribution is 2.32. The second-order valence-corrected chi connectivity index (χ2v) is 5.69. The minimum Gasteiger partial charge on any atom is -0.490 e. The highest BCUT2D eigenvalue weighted by Gasteiger charge is 2.14. The molecule has 0 spiro atoms. The third-order valence-corrected chi connectivity index (χ3v) is 4.04. The molecule has 0 atom stereocenters. The molecule has 3 aromatic carbocycles. The zero-order valence-electron chi connectivity index (χ0n) is 13.1. The summed E-state index contributed by atoms with van der Waals surface area (Å²) in [5.41, 5.74) is 1.34. The summed E-state index contributed by atoms with van der Waals surface area (Å²) < 4.78 is 11.3. The van der Waals surface area contributed by atoms with Gasteiger partial charge in [-0.2, -0.15) is 0 Å². The van der Waals surface area contributed by atoms with E-state index in [2.05, 4.69) is 5.32 Å². The van der Waals surface area contributed by atoms with Crippen molar-refractivity contribution in [3.05, 3.63) is 66.2 Å². The van der Waals surface area contributed by atoms with Gasteiger partial charge in [-0.3, -0.25) is 4.79 Å². The van der Waals surface area contributed by atoms with Crippen LogP contribution in [-0.2, 0) is 0 Å². The lowest BCUT2D eigenvalue weighted by molar-refractivity contribution is 0.102. The average Bonchev–Trinajstić information content (AvgIpc) is 2.86. The van der Waals surface area contributed by atoms with Gasteiger partial charge < -0.3 is 14.8 Å². The maximum Gasteiger partial charge on any atom is 0.256 e. The molecule has 3 aromatic rings. The van der Waals surface area contributed by atoms with Gasteiger partial charge in [-0.1, -0.05) is 36.4 Å². The minimum absolute atomic E-state index is 0.138. The Morgan fingerprint density at radius 2 is 1.67 bits per heavy atom. The molecule has 0 bridgehead atoms. The molecule has 0 radical (unpaired) electrons. The molecule has 120 valence electrons. The fraction of sp³-hybridized carbons (Fsp3) is 0.150. The van der Waals surface area contributed by atoms with Gasteiger partial charge >= 0.3 is 0 Å². The lowest BCUT2D eigenvalue weighted by atomic mass is 10.0. The van der Waals surface area contributed by atoms with Crippen LogP contribution >= 0.6 is 0 Å². The van der Waals surface area contributed by atoms with Gasteiger partial charge in [-0.15, -0.1) is 0 Å². The van der Waals surface area contributed by atoms with E-state index >= 15 is 0 Å². The van der Waals surface area contributed by atoms with E-state index in [1.807, 2.05) is 60.7 Å². The van der Waals surface area contributed by atoms with E-state index in [1.165, 1.54) is 0 Å². The predicted octanol–water partition coefficient (Wildman–Crippen LogP) is 4.25. The molecule has 1 aliphatic rings. The standard InChI is InChI=1S/C20H17NO3/c22-20(17-8-3-6-14-5-1-2-7-16(14)17)21-15-9-10-18-19(13-15)24-12-4-11-23-18/h1-3,5-10,13H,4,11-12H2,(H,21,22). The smallest absolute Gasteiger partial charge is 0.256 e. The molecule has 1 N–H and O–H groups in total. The van der Waals surface area contributed by atoms with Crippen LogP contribution in [0, 0.1) is 0 Å². The Labute approximate surface area is 140 Å². The summed E-state index contributed by atoms with van der Waals surface area (Å²) in [7, 11) is 0. The molecule has 1 aliphatic heterocycles. The van der Waals surface area contributed by atoms with Crippen molar-refractivity contribution in [3.63, 3.8) is 0 Å². The molecule has 1 heterocycles. The van der Waals surface area contributed by atoms with Crippen LogP contribution in [0.3, 0.4) is 0 Å². The summed E-state index contributed by atoms with van der Waals surface area (Å²) in [5, 5.41) is 4.93. The van der Waals surface area contributed by atoms with Gasteiger partial charge in [0.1, 0.15) is 0 Å². The summed E-state index contributed by atoms with van der Waals surface area (Å²) >= 11 is 0. The highest BCUT2D eigenvalue weighted by molar-refractivity contribution is 6.13. The van der Waals surface area contributed by atoms with Gasteiger partial charge in [0, 0.05) is 23.7 Å². The van der Waals surface area contributed by atoms with Gasteiger partial charge in [-0.25, -0.2) is 0 Å². The van der Waals surface area contributed by atoms with E-state index in [0.29, 0.717) is 30.2 Å². The van der Waals surface area contributed by atoms with Crippen molar-refractivity contribution in [2.45, 2.75) is 6.42 Å². The number of hydrogen-bond acceptors (Lipinski definition) is 3. The number of amides is 1. The van der Waals surface area contributed by atoms with Gasteiger partial charge in [0.05, 0.1) is 13.2 Å². The Morgan fingerprint density at radius 3 is 2.58 bits per heavy atom. The first-order valence-electron chi connectivity index (χ1n) is 8.00. The Balaban J connectivity index is 1.63. The fourth-order valence-electron chi connectivity index (χ4n) is 2.86. The molecule has 4 nitrogen and oxygen atoms in total. The fourth-order valence-corrected chi connectivity index (χ4v) is 2.86. The van der Waals surface area contributed by atoms with E-state index in [4.69, 9.17) is 9.47 Å². The largest absolute Gasteiger partial charge is 0.490 e. The molecule has 0 aliphatic carbocycles. The van der Waals surface area contributed by atoms with Crippen LogP contribution in [0.1, 0.15) is 16.8 Å². The summed E-state index contributed by atoms with van der Waals surface area (Å²) in [6.45, 7) is 1.27. The molecule has 4 rings (SSSR count). The predicted molar refractivity (Wildman–Crippen MR) is 94.0 cm³/mol. The van der Waals surface area contributed by atoms with Crippen molar-refractivity contribution in [3.8, 4) is 11.5 Å². The summed E-state index contributed by atoms with van der Waals surface area (Å²) in [6, 6.07) is 19.1. The first-order valence-corrected chi connectivity index (χ1v) is 8.00. The molecule has 0 saturated heterocycles. The van der Waals surface area contributed by atoms with Crippen molar-refractivity contribution in [1.82, 2.24) is 0 Å². The van der Waals surface area contributed by atoms with Crippen molar-refractivity contribution in [2.24, 2.45) is 0 Å². The Kier molecular flexibility index (Phi) is 3.79. The monoisotopic (exact) mass is 319 g/mol. The topological polar surface area (TPSA) is 47.6 Å². The van der Waals surface area contributed by atoms with Crippen molar-refractivity contribution < 1.29 is 14.3 Å². The molecule has 4 heteroatoms. The second kappa shape index (κ2) is 6.24. The zero-order valence-corrected chi connectivity index (χ0v) is 13.1. The summed E-state index contributed by atoms with van der Waals surface area (Å²) in [5.74, 6) is 1.25. The van der Waals surface area contributed by atoms with E-state index in [0.717, 1.165) is 22.9 Å². The number of ether oxygens (including phenoxy) is 2. The van der Waals surface area contributed by atoms with Crippen molar-refractivity contribution in [1.29, 1.82) is 0 Å². The lowest BCUT2D eigenvalue weighted by Crippen LogP contribution is -2.12. The molecule has 0 fully saturated rings. The van der Waals surface area contributed by atoms with Crippen LogP contribution in [0.5, 0.6) is 11.5 Å². The van der Waals surface area contributed by atoms with E-state index in [1.54, 1.807) is 0 Å². The average molecular weight is 319 g/mol. The molecule has 0 aromatic heterocycles. The number of hydrogen-bond donors (Lipinski definition) is 1. The molecule has 0 saturated carbocycles. The van der Waals surface area contributed by atoms with Crippen LogP contribution < -0.4 is 14.8 Å². The second-order valence-electron chi connectivity index (χ2n) is 5.69. The summed E-state index contributed by atoms with van der Waals surface area (Å²) in [6.07, 6.45) is 0.854. The SMILES string of the molecule is O=C(Nc1ccc2c(c1)OCCCO2)c1cccc2ccccc12. The number of rotatable bonds is 2. The highest BCUT2D eigenvalue weighted by atomic mass is 16.5. The normalized spacial score (nSPS) is 13.3. The molecule has 24 heavy (non-hydrogen) atoms. The van der Waals surface area contributed by atoms with Crippen LogP contribution in [0.25, 0.3) is 10.8 Å².